The Morgan fingerprint density at radius 2 is 1.67 bits per heavy atom. The van der Waals surface area contributed by atoms with Crippen LogP contribution in [0.25, 0.3) is 0 Å². The number of sulfonamides is 1. The first kappa shape index (κ1) is 22.4. The number of hydrogen-bond donors (Lipinski definition) is 0. The van der Waals surface area contributed by atoms with Gasteiger partial charge in [0.15, 0.2) is 11.5 Å². The summed E-state index contributed by atoms with van der Waals surface area (Å²) < 4.78 is 45.7. The fraction of sp³-hybridized carbons (Fsp3) is 0.550. The molecule has 10 heteroatoms. The van der Waals surface area contributed by atoms with E-state index in [1.807, 2.05) is 19.1 Å². The molecule has 0 spiro atoms. The van der Waals surface area contributed by atoms with Crippen LogP contribution in [0.15, 0.2) is 23.2 Å². The summed E-state index contributed by atoms with van der Waals surface area (Å²) in [6.45, 7) is 7.10. The molecule has 0 aliphatic carbocycles. The predicted octanol–water partition coefficient (Wildman–Crippen LogP) is 1.74. The van der Waals surface area contributed by atoms with Crippen LogP contribution in [0.2, 0.25) is 0 Å². The molecule has 0 atom stereocenters. The van der Waals surface area contributed by atoms with E-state index in [9.17, 15) is 8.42 Å². The summed E-state index contributed by atoms with van der Waals surface area (Å²) in [6.07, 6.45) is 1.45. The number of ether oxygens (including phenoxy) is 3. The number of benzene rings is 1. The molecule has 1 aliphatic rings. The van der Waals surface area contributed by atoms with Crippen molar-refractivity contribution in [2.24, 2.45) is 0 Å². The van der Waals surface area contributed by atoms with Gasteiger partial charge in [0.1, 0.15) is 4.90 Å². The van der Waals surface area contributed by atoms with Crippen molar-refractivity contribution in [2.45, 2.75) is 31.8 Å². The van der Waals surface area contributed by atoms with Crippen molar-refractivity contribution >= 4 is 10.0 Å². The molecule has 9 nitrogen and oxygen atoms in total. The zero-order valence-corrected chi connectivity index (χ0v) is 19.0. The van der Waals surface area contributed by atoms with E-state index >= 15 is 0 Å². The zero-order valence-electron chi connectivity index (χ0n) is 18.2. The third-order valence-corrected chi connectivity index (χ3v) is 7.49. The van der Waals surface area contributed by atoms with Gasteiger partial charge in [-0.15, -0.1) is 0 Å². The molecular formula is C20H30N4O5S. The van der Waals surface area contributed by atoms with Crippen molar-refractivity contribution in [1.29, 1.82) is 0 Å². The lowest BCUT2D eigenvalue weighted by molar-refractivity contribution is 0.179. The first-order chi connectivity index (χ1) is 14.4. The topological polar surface area (TPSA) is 86.1 Å². The Balaban J connectivity index is 1.71. The Morgan fingerprint density at radius 1 is 1.00 bits per heavy atom. The normalized spacial score (nSPS) is 15.9. The van der Waals surface area contributed by atoms with E-state index in [-0.39, 0.29) is 0 Å². The van der Waals surface area contributed by atoms with Crippen LogP contribution >= 0.6 is 0 Å². The van der Waals surface area contributed by atoms with Crippen LogP contribution in [0.3, 0.4) is 0 Å². The summed E-state index contributed by atoms with van der Waals surface area (Å²) in [4.78, 5) is 2.50. The van der Waals surface area contributed by atoms with Crippen LogP contribution in [0.4, 0.5) is 0 Å². The van der Waals surface area contributed by atoms with E-state index in [0.29, 0.717) is 67.1 Å². The zero-order chi connectivity index (χ0) is 21.9. The molecule has 1 aliphatic heterocycles. The van der Waals surface area contributed by atoms with Crippen LogP contribution in [0.5, 0.6) is 17.2 Å². The fourth-order valence-corrected chi connectivity index (χ4v) is 5.38. The van der Waals surface area contributed by atoms with Gasteiger partial charge < -0.3 is 14.2 Å². The molecule has 0 amide bonds. The molecule has 1 aromatic heterocycles. The summed E-state index contributed by atoms with van der Waals surface area (Å²) in [5.41, 5.74) is 1.64. The minimum Gasteiger partial charge on any atom is -0.493 e. The van der Waals surface area contributed by atoms with Gasteiger partial charge in [0.25, 0.3) is 0 Å². The number of nitrogens with zero attached hydrogens (tertiary/aromatic N) is 4. The van der Waals surface area contributed by atoms with E-state index in [4.69, 9.17) is 14.2 Å². The van der Waals surface area contributed by atoms with Crippen molar-refractivity contribution in [3.63, 3.8) is 0 Å². The first-order valence-corrected chi connectivity index (χ1v) is 11.3. The van der Waals surface area contributed by atoms with Gasteiger partial charge in [0.05, 0.1) is 33.2 Å². The highest BCUT2D eigenvalue weighted by atomic mass is 32.2. The molecule has 30 heavy (non-hydrogen) atoms. The summed E-state index contributed by atoms with van der Waals surface area (Å²) in [5, 5.41) is 4.18. The molecule has 1 fully saturated rings. The smallest absolute Gasteiger partial charge is 0.246 e. The number of hydrogen-bond acceptors (Lipinski definition) is 7. The minimum atomic E-state index is -3.55. The molecule has 0 unspecified atom stereocenters. The van der Waals surface area contributed by atoms with Gasteiger partial charge >= 0.3 is 0 Å². The second kappa shape index (κ2) is 9.23. The van der Waals surface area contributed by atoms with E-state index in [1.165, 1.54) is 6.20 Å². The molecule has 0 bridgehead atoms. The Labute approximate surface area is 178 Å². The quantitative estimate of drug-likeness (QED) is 0.621. The van der Waals surface area contributed by atoms with Crippen LogP contribution in [-0.4, -0.2) is 74.9 Å². The van der Waals surface area contributed by atoms with Crippen molar-refractivity contribution in [2.75, 3.05) is 47.5 Å². The van der Waals surface area contributed by atoms with Crippen molar-refractivity contribution in [1.82, 2.24) is 19.0 Å². The molecule has 1 saturated heterocycles. The van der Waals surface area contributed by atoms with Gasteiger partial charge in [0.2, 0.25) is 15.8 Å². The standard InChI is InChI=1S/C20H30N4O5S/c1-6-24-15(2)18(13-21-24)30(25,26)23-11-9-22(10-12-23)14-16-7-8-17(27-3)20(29-5)19(16)28-4/h7-8,13H,6,9-12,14H2,1-5H3. The highest BCUT2D eigenvalue weighted by Gasteiger charge is 2.31. The number of rotatable bonds is 8. The monoisotopic (exact) mass is 438 g/mol. The van der Waals surface area contributed by atoms with Crippen molar-refractivity contribution < 1.29 is 22.6 Å². The van der Waals surface area contributed by atoms with Crippen molar-refractivity contribution in [3.05, 3.63) is 29.6 Å². The van der Waals surface area contributed by atoms with E-state index < -0.39 is 10.0 Å². The molecule has 0 N–H and O–H groups in total. The summed E-state index contributed by atoms with van der Waals surface area (Å²) >= 11 is 0. The summed E-state index contributed by atoms with van der Waals surface area (Å²) in [5.74, 6) is 1.80. The van der Waals surface area contributed by atoms with Crippen LogP contribution in [0.1, 0.15) is 18.2 Å². The van der Waals surface area contributed by atoms with Gasteiger partial charge in [-0.2, -0.15) is 9.40 Å². The van der Waals surface area contributed by atoms with Crippen molar-refractivity contribution in [3.8, 4) is 17.2 Å². The fourth-order valence-electron chi connectivity index (χ4n) is 3.80. The van der Waals surface area contributed by atoms with E-state index in [1.54, 1.807) is 37.2 Å². The lowest BCUT2D eigenvalue weighted by Crippen LogP contribution is -2.48. The number of methoxy groups -OCH3 is 3. The molecule has 3 rings (SSSR count). The first-order valence-electron chi connectivity index (χ1n) is 9.90. The molecular weight excluding hydrogens is 408 g/mol. The molecule has 166 valence electrons. The Morgan fingerprint density at radius 3 is 2.20 bits per heavy atom. The van der Waals surface area contributed by atoms with Gasteiger partial charge in [-0.25, -0.2) is 8.42 Å². The molecule has 2 heterocycles. The Hall–Kier alpha value is -2.30. The maximum Gasteiger partial charge on any atom is 0.246 e. The summed E-state index contributed by atoms with van der Waals surface area (Å²) in [6, 6.07) is 3.80. The number of aromatic nitrogens is 2. The maximum absolute atomic E-state index is 13.1. The average Bonchev–Trinajstić information content (AvgIpc) is 3.14. The molecule has 0 saturated carbocycles. The van der Waals surface area contributed by atoms with Gasteiger partial charge in [0, 0.05) is 44.8 Å². The Bertz CT molecular complexity index is 981. The molecule has 1 aromatic carbocycles. The number of aryl methyl sites for hydroxylation is 1. The maximum atomic E-state index is 13.1. The van der Waals surface area contributed by atoms with Crippen LogP contribution in [0, 0.1) is 6.92 Å². The minimum absolute atomic E-state index is 0.291. The summed E-state index contributed by atoms with van der Waals surface area (Å²) in [7, 11) is 1.22. The second-order valence-electron chi connectivity index (χ2n) is 7.08. The highest BCUT2D eigenvalue weighted by Crippen LogP contribution is 2.40. The molecule has 2 aromatic rings. The highest BCUT2D eigenvalue weighted by molar-refractivity contribution is 7.89. The largest absolute Gasteiger partial charge is 0.493 e. The van der Waals surface area contributed by atoms with Crippen LogP contribution < -0.4 is 14.2 Å². The van der Waals surface area contributed by atoms with E-state index in [0.717, 1.165) is 5.56 Å². The molecule has 0 radical (unpaired) electrons. The van der Waals surface area contributed by atoms with Gasteiger partial charge in [-0.05, 0) is 19.9 Å². The average molecular weight is 439 g/mol. The lowest BCUT2D eigenvalue weighted by Gasteiger charge is -2.34. The van der Waals surface area contributed by atoms with Gasteiger partial charge in [-0.3, -0.25) is 9.58 Å². The lowest BCUT2D eigenvalue weighted by atomic mass is 10.1. The second-order valence-corrected chi connectivity index (χ2v) is 8.99. The SMILES string of the molecule is CCn1ncc(S(=O)(=O)N2CCN(Cc3ccc(OC)c(OC)c3OC)CC2)c1C. The van der Waals surface area contributed by atoms with E-state index in [2.05, 4.69) is 10.00 Å². The third kappa shape index (κ3) is 4.12. The van der Waals surface area contributed by atoms with Crippen LogP contribution in [-0.2, 0) is 23.1 Å². The Kier molecular flexibility index (Phi) is 6.89. The predicted molar refractivity (Wildman–Crippen MR) is 113 cm³/mol. The number of piperazine rings is 1. The van der Waals surface area contributed by atoms with Gasteiger partial charge in [-0.1, -0.05) is 6.07 Å². The third-order valence-electron chi connectivity index (χ3n) is 5.49.